The zero-order valence-corrected chi connectivity index (χ0v) is 9.30. The fraction of sp³-hybridized carbons (Fsp3) is 0.333. The molecule has 2 aromatic rings. The van der Waals surface area contributed by atoms with Gasteiger partial charge in [0.15, 0.2) is 0 Å². The highest BCUT2D eigenvalue weighted by Gasteiger charge is 2.35. The van der Waals surface area contributed by atoms with E-state index >= 15 is 0 Å². The topological polar surface area (TPSA) is 33.4 Å². The van der Waals surface area contributed by atoms with Crippen molar-refractivity contribution in [3.05, 3.63) is 35.6 Å². The lowest BCUT2D eigenvalue weighted by Gasteiger charge is -2.12. The molecule has 0 aliphatic rings. The molecule has 0 radical (unpaired) electrons. The fourth-order valence-electron chi connectivity index (χ4n) is 1.59. The summed E-state index contributed by atoms with van der Waals surface area (Å²) in [7, 11) is 0. The van der Waals surface area contributed by atoms with Crippen molar-refractivity contribution in [2.45, 2.75) is 25.6 Å². The summed E-state index contributed by atoms with van der Waals surface area (Å²) in [6, 6.07) is 5.21. The maximum atomic E-state index is 12.7. The van der Waals surface area contributed by atoms with Crippen molar-refractivity contribution in [3.63, 3.8) is 0 Å². The maximum Gasteiger partial charge on any atom is 0.420 e. The third-order valence-corrected chi connectivity index (χ3v) is 2.45. The third kappa shape index (κ3) is 2.15. The number of hydrogen-bond acceptors (Lipinski definition) is 2. The van der Waals surface area contributed by atoms with E-state index in [1.807, 2.05) is 0 Å². The van der Waals surface area contributed by atoms with Crippen molar-refractivity contribution < 1.29 is 22.7 Å². The quantitative estimate of drug-likeness (QED) is 0.830. The van der Waals surface area contributed by atoms with Gasteiger partial charge in [0.05, 0.1) is 5.56 Å². The number of benzene rings is 1. The molecule has 0 unspecified atom stereocenters. The maximum absolute atomic E-state index is 12.7. The van der Waals surface area contributed by atoms with Gasteiger partial charge < -0.3 is 9.52 Å². The Morgan fingerprint density at radius 2 is 1.82 bits per heavy atom. The van der Waals surface area contributed by atoms with Crippen molar-refractivity contribution in [2.24, 2.45) is 0 Å². The predicted molar refractivity (Wildman–Crippen MR) is 56.5 cm³/mol. The molecule has 0 atom stereocenters. The normalized spacial score (nSPS) is 13.3. The van der Waals surface area contributed by atoms with Crippen LogP contribution in [0.25, 0.3) is 11.0 Å². The van der Waals surface area contributed by atoms with Crippen molar-refractivity contribution in [3.8, 4) is 0 Å². The van der Waals surface area contributed by atoms with Crippen LogP contribution in [0.3, 0.4) is 0 Å². The summed E-state index contributed by atoms with van der Waals surface area (Å²) in [5.74, 6) is 0.115. The fourth-order valence-corrected chi connectivity index (χ4v) is 1.59. The van der Waals surface area contributed by atoms with Crippen molar-refractivity contribution >= 4 is 11.0 Å². The lowest BCUT2D eigenvalue weighted by atomic mass is 10.1. The van der Waals surface area contributed by atoms with Crippen LogP contribution in [0.15, 0.2) is 28.7 Å². The number of fused-ring (bicyclic) bond motifs is 1. The van der Waals surface area contributed by atoms with Crippen LogP contribution in [0.2, 0.25) is 0 Å². The highest BCUT2D eigenvalue weighted by atomic mass is 19.4. The summed E-state index contributed by atoms with van der Waals surface area (Å²) in [4.78, 5) is 0. The minimum atomic E-state index is -4.46. The minimum Gasteiger partial charge on any atom is -0.457 e. The Morgan fingerprint density at radius 3 is 2.35 bits per heavy atom. The molecule has 0 spiro atoms. The first-order valence-corrected chi connectivity index (χ1v) is 5.02. The summed E-state index contributed by atoms with van der Waals surface area (Å²) < 4.78 is 43.2. The van der Waals surface area contributed by atoms with Crippen LogP contribution >= 0.6 is 0 Å². The van der Waals surface area contributed by atoms with E-state index in [0.29, 0.717) is 5.39 Å². The summed E-state index contributed by atoms with van der Waals surface area (Å²) >= 11 is 0. The van der Waals surface area contributed by atoms with Crippen LogP contribution in [0.4, 0.5) is 13.2 Å². The Labute approximate surface area is 95.7 Å². The molecule has 1 aromatic heterocycles. The molecule has 1 heterocycles. The standard InChI is InChI=1S/C12H11F3O2/c1-11(2,16)9-6-7-4-3-5-8(10(7)17-9)12(13,14)15/h3-6,16H,1-2H3. The zero-order valence-electron chi connectivity index (χ0n) is 9.30. The van der Waals surface area contributed by atoms with Gasteiger partial charge in [0, 0.05) is 5.39 Å². The van der Waals surface area contributed by atoms with E-state index in [1.54, 1.807) is 0 Å². The van der Waals surface area contributed by atoms with E-state index in [2.05, 4.69) is 0 Å². The van der Waals surface area contributed by atoms with Gasteiger partial charge in [-0.1, -0.05) is 12.1 Å². The molecule has 0 aliphatic carbocycles. The Balaban J connectivity index is 2.70. The number of halogens is 3. The number of rotatable bonds is 1. The molecule has 2 nitrogen and oxygen atoms in total. The molecule has 0 amide bonds. The molecular formula is C12H11F3O2. The van der Waals surface area contributed by atoms with Gasteiger partial charge in [-0.15, -0.1) is 0 Å². The summed E-state index contributed by atoms with van der Waals surface area (Å²) in [5.41, 5.74) is -2.37. The average molecular weight is 244 g/mol. The van der Waals surface area contributed by atoms with Crippen LogP contribution in [-0.2, 0) is 11.8 Å². The number of hydrogen-bond donors (Lipinski definition) is 1. The zero-order chi connectivity index (χ0) is 12.8. The molecule has 0 fully saturated rings. The Hall–Kier alpha value is -1.49. The van der Waals surface area contributed by atoms with Crippen LogP contribution < -0.4 is 0 Å². The van der Waals surface area contributed by atoms with E-state index in [1.165, 1.54) is 32.0 Å². The van der Waals surface area contributed by atoms with Gasteiger partial charge in [-0.2, -0.15) is 13.2 Å². The number of furan rings is 1. The molecule has 0 bridgehead atoms. The lowest BCUT2D eigenvalue weighted by molar-refractivity contribution is -0.136. The summed E-state index contributed by atoms with van der Waals surface area (Å²) in [6.07, 6.45) is -4.46. The molecule has 1 aromatic carbocycles. The van der Waals surface area contributed by atoms with E-state index in [-0.39, 0.29) is 11.3 Å². The van der Waals surface area contributed by atoms with E-state index in [0.717, 1.165) is 6.07 Å². The smallest absolute Gasteiger partial charge is 0.420 e. The first kappa shape index (κ1) is 12.0. The highest BCUT2D eigenvalue weighted by molar-refractivity contribution is 5.81. The van der Waals surface area contributed by atoms with Gasteiger partial charge in [-0.05, 0) is 26.0 Å². The molecule has 0 aliphatic heterocycles. The number of aliphatic hydroxyl groups is 1. The van der Waals surface area contributed by atoms with Crippen LogP contribution in [0.5, 0.6) is 0 Å². The molecule has 5 heteroatoms. The summed E-state index contributed by atoms with van der Waals surface area (Å²) in [6.45, 7) is 2.91. The third-order valence-electron chi connectivity index (χ3n) is 2.45. The second-order valence-corrected chi connectivity index (χ2v) is 4.39. The summed E-state index contributed by atoms with van der Waals surface area (Å²) in [5, 5.41) is 10.0. The Bertz CT molecular complexity index is 547. The minimum absolute atomic E-state index is 0.115. The van der Waals surface area contributed by atoms with Crippen molar-refractivity contribution in [1.82, 2.24) is 0 Å². The Kier molecular flexibility index (Phi) is 2.47. The molecule has 0 saturated carbocycles. The molecule has 0 saturated heterocycles. The monoisotopic (exact) mass is 244 g/mol. The van der Waals surface area contributed by atoms with Gasteiger partial charge in [0.25, 0.3) is 0 Å². The lowest BCUT2D eigenvalue weighted by Crippen LogP contribution is -2.13. The van der Waals surface area contributed by atoms with Crippen molar-refractivity contribution in [1.29, 1.82) is 0 Å². The number of para-hydroxylation sites is 1. The molecular weight excluding hydrogens is 233 g/mol. The van der Waals surface area contributed by atoms with Crippen LogP contribution in [0.1, 0.15) is 25.2 Å². The van der Waals surface area contributed by atoms with Gasteiger partial charge in [0.1, 0.15) is 16.9 Å². The van der Waals surface area contributed by atoms with Gasteiger partial charge in [0.2, 0.25) is 0 Å². The first-order valence-electron chi connectivity index (χ1n) is 5.02. The SMILES string of the molecule is CC(C)(O)c1cc2cccc(C(F)(F)F)c2o1. The largest absolute Gasteiger partial charge is 0.457 e. The van der Waals surface area contributed by atoms with Gasteiger partial charge in [-0.3, -0.25) is 0 Å². The van der Waals surface area contributed by atoms with Gasteiger partial charge in [-0.25, -0.2) is 0 Å². The van der Waals surface area contributed by atoms with Gasteiger partial charge >= 0.3 is 6.18 Å². The molecule has 92 valence electrons. The van der Waals surface area contributed by atoms with E-state index < -0.39 is 17.3 Å². The second-order valence-electron chi connectivity index (χ2n) is 4.39. The van der Waals surface area contributed by atoms with Crippen LogP contribution in [0, 0.1) is 0 Å². The van der Waals surface area contributed by atoms with Crippen molar-refractivity contribution in [2.75, 3.05) is 0 Å². The van der Waals surface area contributed by atoms with E-state index in [4.69, 9.17) is 4.42 Å². The number of alkyl halides is 3. The Morgan fingerprint density at radius 1 is 1.18 bits per heavy atom. The first-order chi connectivity index (χ1) is 7.69. The molecule has 2 rings (SSSR count). The van der Waals surface area contributed by atoms with Crippen LogP contribution in [-0.4, -0.2) is 5.11 Å². The predicted octanol–water partition coefficient (Wildman–Crippen LogP) is 3.68. The molecule has 1 N–H and O–H groups in total. The second kappa shape index (κ2) is 3.50. The highest BCUT2D eigenvalue weighted by Crippen LogP contribution is 2.37. The molecule has 17 heavy (non-hydrogen) atoms. The van der Waals surface area contributed by atoms with E-state index in [9.17, 15) is 18.3 Å². The average Bonchev–Trinajstić information content (AvgIpc) is 2.57.